The van der Waals surface area contributed by atoms with E-state index in [0.717, 1.165) is 11.1 Å². The van der Waals surface area contributed by atoms with Gasteiger partial charge in [-0.25, -0.2) is 0 Å². The summed E-state index contributed by atoms with van der Waals surface area (Å²) in [6.45, 7) is 5.47. The zero-order valence-corrected chi connectivity index (χ0v) is 28.5. The number of hydrogen-bond donors (Lipinski definition) is 4. The number of aryl methyl sites for hydroxylation is 1. The van der Waals surface area contributed by atoms with Gasteiger partial charge in [0.15, 0.2) is 17.3 Å². The molecule has 0 bridgehead atoms. The zero-order valence-electron chi connectivity index (χ0n) is 28.5. The first kappa shape index (κ1) is 34.7. The van der Waals surface area contributed by atoms with Crippen molar-refractivity contribution in [3.63, 3.8) is 0 Å². The molecule has 0 radical (unpaired) electrons. The maximum atomic E-state index is 13.9. The van der Waals surface area contributed by atoms with Gasteiger partial charge in [0.2, 0.25) is 28.9 Å². The van der Waals surface area contributed by atoms with Crippen LogP contribution in [0.4, 0.5) is 11.6 Å². The number of carbonyl (C=O) groups excluding carboxylic acids is 2. The number of benzene rings is 2. The van der Waals surface area contributed by atoms with Crippen LogP contribution in [-0.2, 0) is 22.6 Å². The van der Waals surface area contributed by atoms with Gasteiger partial charge in [-0.1, -0.05) is 44.5 Å². The van der Waals surface area contributed by atoms with Gasteiger partial charge in [0, 0.05) is 12.5 Å². The number of amides is 2. The molecule has 0 saturated carbocycles. The molecule has 5 rings (SSSR count). The number of aromatic nitrogens is 3. The Morgan fingerprint density at radius 1 is 1.02 bits per heavy atom. The van der Waals surface area contributed by atoms with Crippen molar-refractivity contribution < 1.29 is 28.5 Å². The summed E-state index contributed by atoms with van der Waals surface area (Å²) in [4.78, 5) is 44.2. The minimum absolute atomic E-state index is 0.0886. The number of ether oxygens (including phenoxy) is 4. The lowest BCUT2D eigenvalue weighted by Crippen LogP contribution is -2.41. The van der Waals surface area contributed by atoms with E-state index >= 15 is 0 Å². The highest BCUT2D eigenvalue weighted by Gasteiger charge is 2.30. The third-order valence-corrected chi connectivity index (χ3v) is 8.61. The van der Waals surface area contributed by atoms with Crippen molar-refractivity contribution >= 4 is 23.5 Å². The molecule has 1 aliphatic rings. The second-order valence-electron chi connectivity index (χ2n) is 11.8. The van der Waals surface area contributed by atoms with E-state index < -0.39 is 18.0 Å². The Bertz CT molecular complexity index is 1860. The molecule has 4 N–H and O–H groups in total. The molecule has 13 heteroatoms. The summed E-state index contributed by atoms with van der Waals surface area (Å²) in [6.07, 6.45) is 1.75. The van der Waals surface area contributed by atoms with E-state index in [1.54, 1.807) is 20.3 Å². The Morgan fingerprint density at radius 2 is 1.78 bits per heavy atom. The first-order valence-corrected chi connectivity index (χ1v) is 16.1. The van der Waals surface area contributed by atoms with E-state index in [-0.39, 0.29) is 35.5 Å². The van der Waals surface area contributed by atoms with Crippen molar-refractivity contribution in [2.75, 3.05) is 32.0 Å². The minimum atomic E-state index is -0.806. The Kier molecular flexibility index (Phi) is 11.0. The smallest absolute Gasteiger partial charge is 0.249 e. The molecule has 3 atom stereocenters. The van der Waals surface area contributed by atoms with Gasteiger partial charge in [0.1, 0.15) is 18.4 Å². The molecule has 4 aromatic rings. The summed E-state index contributed by atoms with van der Waals surface area (Å²) >= 11 is 0. The highest BCUT2D eigenvalue weighted by atomic mass is 16.5. The predicted molar refractivity (Wildman–Crippen MR) is 185 cm³/mol. The molecule has 49 heavy (non-hydrogen) atoms. The number of fused-ring (bicyclic) bond motifs is 3. The number of aromatic amines is 1. The van der Waals surface area contributed by atoms with Crippen LogP contribution in [0.5, 0.6) is 23.0 Å². The van der Waals surface area contributed by atoms with Crippen LogP contribution in [0, 0.1) is 5.92 Å². The van der Waals surface area contributed by atoms with E-state index in [2.05, 4.69) is 31.1 Å². The largest absolute Gasteiger partial charge is 0.493 e. The number of para-hydroxylation sites is 1. The van der Waals surface area contributed by atoms with Crippen molar-refractivity contribution in [1.82, 2.24) is 20.5 Å². The first-order valence-electron chi connectivity index (χ1n) is 16.1. The zero-order chi connectivity index (χ0) is 35.1. The van der Waals surface area contributed by atoms with Gasteiger partial charge < -0.3 is 29.6 Å². The number of methoxy groups -OCH3 is 3. The average molecular weight is 671 g/mol. The fourth-order valence-electron chi connectivity index (χ4n) is 5.97. The number of hydrogen-bond acceptors (Lipinski definition) is 10. The van der Waals surface area contributed by atoms with Crippen molar-refractivity contribution in [1.29, 1.82) is 0 Å². The highest BCUT2D eigenvalue weighted by molar-refractivity contribution is 5.95. The quantitative estimate of drug-likeness (QED) is 0.152. The van der Waals surface area contributed by atoms with Gasteiger partial charge in [0.05, 0.1) is 33.1 Å². The lowest BCUT2D eigenvalue weighted by Gasteiger charge is -2.23. The van der Waals surface area contributed by atoms with Crippen molar-refractivity contribution in [3.05, 3.63) is 81.8 Å². The van der Waals surface area contributed by atoms with Gasteiger partial charge in [0.25, 0.3) is 0 Å². The van der Waals surface area contributed by atoms with Gasteiger partial charge in [-0.2, -0.15) is 4.98 Å². The summed E-state index contributed by atoms with van der Waals surface area (Å²) in [5, 5.41) is 15.9. The number of nitrogens with zero attached hydrogens (tertiary/aromatic N) is 2. The third kappa shape index (κ3) is 7.77. The summed E-state index contributed by atoms with van der Waals surface area (Å²) in [6, 6.07) is 14.9. The SMILES string of the molecule is CC[C@@H](C)[C@H](Nc1ccc2c(cc1=O)[C@@H](NC(C)=O)CCc1cc(OC)c(OC)c(OC)c1-2)C(=O)Nc1n[nH]c(COc2ccccc2)n1. The Morgan fingerprint density at radius 3 is 2.45 bits per heavy atom. The van der Waals surface area contributed by atoms with Crippen molar-refractivity contribution in [2.24, 2.45) is 5.92 Å². The van der Waals surface area contributed by atoms with E-state index in [9.17, 15) is 14.4 Å². The van der Waals surface area contributed by atoms with Crippen LogP contribution in [0.1, 0.15) is 56.6 Å². The van der Waals surface area contributed by atoms with Crippen LogP contribution in [0.15, 0.2) is 59.4 Å². The van der Waals surface area contributed by atoms with E-state index in [0.29, 0.717) is 59.2 Å². The molecule has 2 amide bonds. The van der Waals surface area contributed by atoms with E-state index in [4.69, 9.17) is 18.9 Å². The lowest BCUT2D eigenvalue weighted by molar-refractivity contribution is -0.120. The summed E-state index contributed by atoms with van der Waals surface area (Å²) < 4.78 is 22.9. The standard InChI is InChI=1S/C36H42N6O7/c1-7-20(2)32(35(45)40-36-39-30(41-42-36)19-49-23-11-9-8-10-12-23)38-27-16-14-24-25(18-28(27)44)26(37-21(3)43)15-13-22-17-29(46-4)33(47-5)34(48-6)31(22)24/h8-12,14,16-18,20,26,32H,7,13,15,19H2,1-6H3,(H,37,43)(H,38,44)(H2,39,40,41,42,45)/t20-,26+,32+/m1/s1. The molecular formula is C36H42N6O7. The second kappa shape index (κ2) is 15.5. The molecule has 0 spiro atoms. The molecule has 258 valence electrons. The Hall–Kier alpha value is -5.59. The van der Waals surface area contributed by atoms with Crippen LogP contribution >= 0.6 is 0 Å². The minimum Gasteiger partial charge on any atom is -0.493 e. The summed E-state index contributed by atoms with van der Waals surface area (Å²) in [5.74, 6) is 1.77. The fraction of sp³-hybridized carbons (Fsp3) is 0.361. The van der Waals surface area contributed by atoms with Crippen LogP contribution in [0.2, 0.25) is 0 Å². The topological polar surface area (TPSA) is 166 Å². The molecule has 0 saturated heterocycles. The molecule has 1 heterocycles. The summed E-state index contributed by atoms with van der Waals surface area (Å²) in [5.41, 5.74) is 2.81. The molecule has 3 aromatic carbocycles. The third-order valence-electron chi connectivity index (χ3n) is 8.61. The normalized spacial score (nSPS) is 14.6. The maximum absolute atomic E-state index is 13.9. The maximum Gasteiger partial charge on any atom is 0.249 e. The van der Waals surface area contributed by atoms with Crippen LogP contribution < -0.4 is 40.3 Å². The average Bonchev–Trinajstić information content (AvgIpc) is 3.42. The van der Waals surface area contributed by atoms with E-state index in [1.807, 2.05) is 56.3 Å². The molecule has 1 aliphatic carbocycles. The molecule has 0 aliphatic heterocycles. The Balaban J connectivity index is 1.49. The van der Waals surface area contributed by atoms with Crippen molar-refractivity contribution in [2.45, 2.75) is 58.7 Å². The molecule has 1 aromatic heterocycles. The fourth-order valence-corrected chi connectivity index (χ4v) is 5.97. The first-order chi connectivity index (χ1) is 23.7. The van der Waals surface area contributed by atoms with Crippen LogP contribution in [-0.4, -0.2) is 54.4 Å². The monoisotopic (exact) mass is 670 g/mol. The molecule has 0 unspecified atom stereocenters. The van der Waals surface area contributed by atoms with Gasteiger partial charge in [-0.05, 0) is 65.8 Å². The van der Waals surface area contributed by atoms with E-state index in [1.165, 1.54) is 20.1 Å². The molecule has 0 fully saturated rings. The van der Waals surface area contributed by atoms with Crippen LogP contribution in [0.25, 0.3) is 11.1 Å². The van der Waals surface area contributed by atoms with Gasteiger partial charge in [-0.3, -0.25) is 24.8 Å². The lowest BCUT2D eigenvalue weighted by atomic mass is 9.95. The predicted octanol–water partition coefficient (Wildman–Crippen LogP) is 5.03. The van der Waals surface area contributed by atoms with Gasteiger partial charge >= 0.3 is 0 Å². The highest BCUT2D eigenvalue weighted by Crippen LogP contribution is 2.50. The molecule has 13 nitrogen and oxygen atoms in total. The summed E-state index contributed by atoms with van der Waals surface area (Å²) in [7, 11) is 4.64. The van der Waals surface area contributed by atoms with Gasteiger partial charge in [-0.15, -0.1) is 5.10 Å². The number of rotatable bonds is 13. The second-order valence-corrected chi connectivity index (χ2v) is 11.8. The number of nitrogens with one attached hydrogen (secondary N) is 4. The number of H-pyrrole nitrogens is 1. The number of carbonyl (C=O) groups is 2. The molecular weight excluding hydrogens is 628 g/mol. The Labute approximate surface area is 284 Å². The van der Waals surface area contributed by atoms with Crippen LogP contribution in [0.3, 0.4) is 0 Å². The van der Waals surface area contributed by atoms with Crippen molar-refractivity contribution in [3.8, 4) is 34.1 Å². The number of anilines is 2.